The first-order valence-electron chi connectivity index (χ1n) is 5.92. The number of methoxy groups -OCH3 is 3. The van der Waals surface area contributed by atoms with Crippen molar-refractivity contribution in [2.75, 3.05) is 41.1 Å². The van der Waals surface area contributed by atoms with Gasteiger partial charge in [-0.25, -0.2) is 0 Å². The highest BCUT2D eigenvalue weighted by atomic mass is 79.9. The fourth-order valence-corrected chi connectivity index (χ4v) is 2.34. The predicted octanol–water partition coefficient (Wildman–Crippen LogP) is 1.74. The molecule has 0 aliphatic carbocycles. The number of hydrogen-bond acceptors (Lipinski definition) is 5. The summed E-state index contributed by atoms with van der Waals surface area (Å²) in [5, 5.41) is 12.7. The van der Waals surface area contributed by atoms with Crippen molar-refractivity contribution < 1.29 is 19.3 Å². The van der Waals surface area contributed by atoms with E-state index in [1.54, 1.807) is 21.3 Å². The molecule has 1 rings (SSSR count). The average Bonchev–Trinajstić information content (AvgIpc) is 2.44. The molecule has 0 aliphatic rings. The van der Waals surface area contributed by atoms with Gasteiger partial charge in [0.2, 0.25) is 0 Å². The molecule has 0 spiro atoms. The van der Waals surface area contributed by atoms with Crippen molar-refractivity contribution in [3.63, 3.8) is 0 Å². The maximum Gasteiger partial charge on any atom is 0.161 e. The highest BCUT2D eigenvalue weighted by molar-refractivity contribution is 9.10. The lowest BCUT2D eigenvalue weighted by Crippen LogP contribution is -2.28. The summed E-state index contributed by atoms with van der Waals surface area (Å²) in [6, 6.07) is 3.49. The number of benzene rings is 1. The molecule has 0 bridgehead atoms. The number of rotatable bonds is 8. The van der Waals surface area contributed by atoms with Crippen molar-refractivity contribution in [3.05, 3.63) is 22.2 Å². The van der Waals surface area contributed by atoms with Gasteiger partial charge in [0.05, 0.1) is 33.5 Å². The summed E-state index contributed by atoms with van der Waals surface area (Å²) in [4.78, 5) is 0. The zero-order valence-electron chi connectivity index (χ0n) is 11.4. The van der Waals surface area contributed by atoms with E-state index in [9.17, 15) is 5.11 Å². The summed E-state index contributed by atoms with van der Waals surface area (Å²) in [6.07, 6.45) is 0. The molecule has 108 valence electrons. The molecule has 19 heavy (non-hydrogen) atoms. The van der Waals surface area contributed by atoms with E-state index in [-0.39, 0.29) is 12.6 Å². The third-order valence-corrected chi connectivity index (χ3v) is 3.44. The highest BCUT2D eigenvalue weighted by Crippen LogP contribution is 2.35. The van der Waals surface area contributed by atoms with E-state index in [0.717, 1.165) is 10.0 Å². The van der Waals surface area contributed by atoms with Crippen LogP contribution in [0.2, 0.25) is 0 Å². The molecular weight excluding hydrogens is 314 g/mol. The van der Waals surface area contributed by atoms with Crippen LogP contribution in [0.4, 0.5) is 0 Å². The molecule has 6 heteroatoms. The van der Waals surface area contributed by atoms with Crippen LogP contribution in [0.15, 0.2) is 16.6 Å². The maximum absolute atomic E-state index is 9.50. The molecule has 0 aromatic heterocycles. The van der Waals surface area contributed by atoms with E-state index in [0.29, 0.717) is 24.7 Å². The first kappa shape index (κ1) is 16.2. The fourth-order valence-electron chi connectivity index (χ4n) is 1.75. The number of halogens is 1. The van der Waals surface area contributed by atoms with E-state index in [1.165, 1.54) is 0 Å². The molecule has 5 nitrogen and oxygen atoms in total. The zero-order valence-corrected chi connectivity index (χ0v) is 13.0. The Morgan fingerprint density at radius 2 is 1.84 bits per heavy atom. The van der Waals surface area contributed by atoms with Crippen molar-refractivity contribution in [2.24, 2.45) is 0 Å². The van der Waals surface area contributed by atoms with Crippen LogP contribution in [-0.4, -0.2) is 46.2 Å². The zero-order chi connectivity index (χ0) is 14.3. The number of aliphatic hydroxyl groups excluding tert-OH is 1. The van der Waals surface area contributed by atoms with Crippen LogP contribution in [0.25, 0.3) is 0 Å². The molecule has 1 aromatic rings. The van der Waals surface area contributed by atoms with Crippen molar-refractivity contribution in [2.45, 2.75) is 6.04 Å². The fraction of sp³-hybridized carbons (Fsp3) is 0.538. The molecule has 0 heterocycles. The Balaban J connectivity index is 2.96. The molecular formula is C13H20BrNO4. The molecule has 1 atom stereocenters. The maximum atomic E-state index is 9.50. The van der Waals surface area contributed by atoms with Crippen LogP contribution in [0, 0.1) is 0 Å². The van der Waals surface area contributed by atoms with Crippen molar-refractivity contribution in [1.29, 1.82) is 0 Å². The Hall–Kier alpha value is -0.820. The molecule has 0 saturated heterocycles. The van der Waals surface area contributed by atoms with Crippen LogP contribution in [0.1, 0.15) is 11.6 Å². The summed E-state index contributed by atoms with van der Waals surface area (Å²) < 4.78 is 16.3. The lowest BCUT2D eigenvalue weighted by molar-refractivity contribution is 0.184. The average molecular weight is 334 g/mol. The molecule has 0 amide bonds. The Labute approximate surface area is 122 Å². The summed E-state index contributed by atoms with van der Waals surface area (Å²) in [5.41, 5.74) is 0.913. The van der Waals surface area contributed by atoms with Gasteiger partial charge in [-0.2, -0.15) is 0 Å². The SMILES string of the molecule is COCCNC(CO)c1cc(OC)c(OC)cc1Br. The summed E-state index contributed by atoms with van der Waals surface area (Å²) in [5.74, 6) is 1.28. The van der Waals surface area contributed by atoms with Gasteiger partial charge in [-0.15, -0.1) is 0 Å². The lowest BCUT2D eigenvalue weighted by atomic mass is 10.1. The third-order valence-electron chi connectivity index (χ3n) is 2.76. The lowest BCUT2D eigenvalue weighted by Gasteiger charge is -2.20. The number of aliphatic hydroxyl groups is 1. The second-order valence-electron chi connectivity index (χ2n) is 3.91. The summed E-state index contributed by atoms with van der Waals surface area (Å²) >= 11 is 3.48. The highest BCUT2D eigenvalue weighted by Gasteiger charge is 2.17. The smallest absolute Gasteiger partial charge is 0.161 e. The van der Waals surface area contributed by atoms with E-state index in [2.05, 4.69) is 21.2 Å². The van der Waals surface area contributed by atoms with Crippen molar-refractivity contribution in [3.8, 4) is 11.5 Å². The third kappa shape index (κ3) is 4.35. The van der Waals surface area contributed by atoms with Crippen LogP contribution in [0.5, 0.6) is 11.5 Å². The minimum absolute atomic E-state index is 0.0161. The van der Waals surface area contributed by atoms with Crippen molar-refractivity contribution in [1.82, 2.24) is 5.32 Å². The van der Waals surface area contributed by atoms with Crippen molar-refractivity contribution >= 4 is 15.9 Å². The predicted molar refractivity (Wildman–Crippen MR) is 77.0 cm³/mol. The normalized spacial score (nSPS) is 12.3. The standard InChI is InChI=1S/C13H20BrNO4/c1-17-5-4-15-11(8-16)9-6-12(18-2)13(19-3)7-10(9)14/h6-7,11,15-16H,4-5,8H2,1-3H3. The van der Waals surface area contributed by atoms with E-state index in [1.807, 2.05) is 12.1 Å². The minimum atomic E-state index is -0.190. The first-order chi connectivity index (χ1) is 9.17. The van der Waals surface area contributed by atoms with Crippen LogP contribution >= 0.6 is 15.9 Å². The van der Waals surface area contributed by atoms with Gasteiger partial charge in [-0.05, 0) is 17.7 Å². The molecule has 0 radical (unpaired) electrons. The first-order valence-corrected chi connectivity index (χ1v) is 6.71. The van der Waals surface area contributed by atoms with Gasteiger partial charge in [0, 0.05) is 18.1 Å². The monoisotopic (exact) mass is 333 g/mol. The molecule has 1 unspecified atom stereocenters. The van der Waals surface area contributed by atoms with Gasteiger partial charge in [0.25, 0.3) is 0 Å². The van der Waals surface area contributed by atoms with Gasteiger partial charge < -0.3 is 24.6 Å². The van der Waals surface area contributed by atoms with Crippen LogP contribution < -0.4 is 14.8 Å². The number of nitrogens with one attached hydrogen (secondary N) is 1. The van der Waals surface area contributed by atoms with Crippen LogP contribution in [0.3, 0.4) is 0 Å². The molecule has 2 N–H and O–H groups in total. The molecule has 1 aromatic carbocycles. The second-order valence-corrected chi connectivity index (χ2v) is 4.77. The number of hydrogen-bond donors (Lipinski definition) is 2. The Morgan fingerprint density at radius 3 is 2.37 bits per heavy atom. The topological polar surface area (TPSA) is 60.0 Å². The van der Waals surface area contributed by atoms with E-state index >= 15 is 0 Å². The Morgan fingerprint density at radius 1 is 1.21 bits per heavy atom. The van der Waals surface area contributed by atoms with Gasteiger partial charge in [0.1, 0.15) is 0 Å². The molecule has 0 saturated carbocycles. The summed E-state index contributed by atoms with van der Waals surface area (Å²) in [7, 11) is 4.81. The van der Waals surface area contributed by atoms with Crippen LogP contribution in [-0.2, 0) is 4.74 Å². The largest absolute Gasteiger partial charge is 0.493 e. The molecule has 0 fully saturated rings. The summed E-state index contributed by atoms with van der Waals surface area (Å²) in [6.45, 7) is 1.22. The number of ether oxygens (including phenoxy) is 3. The quantitative estimate of drug-likeness (QED) is 0.709. The van der Waals surface area contributed by atoms with Gasteiger partial charge >= 0.3 is 0 Å². The van der Waals surface area contributed by atoms with E-state index in [4.69, 9.17) is 14.2 Å². The minimum Gasteiger partial charge on any atom is -0.493 e. The Kier molecular flexibility index (Phi) is 7.15. The van der Waals surface area contributed by atoms with Gasteiger partial charge in [-0.1, -0.05) is 15.9 Å². The van der Waals surface area contributed by atoms with Gasteiger partial charge in [0.15, 0.2) is 11.5 Å². The second kappa shape index (κ2) is 8.37. The molecule has 0 aliphatic heterocycles. The van der Waals surface area contributed by atoms with E-state index < -0.39 is 0 Å². The Bertz CT molecular complexity index is 400. The van der Waals surface area contributed by atoms with Gasteiger partial charge in [-0.3, -0.25) is 0 Å².